The molecule has 2 aromatic rings. The number of nitrogens with one attached hydrogen (secondary N) is 2. The van der Waals surface area contributed by atoms with Gasteiger partial charge in [0.25, 0.3) is 0 Å². The predicted molar refractivity (Wildman–Crippen MR) is 112 cm³/mol. The normalized spacial score (nSPS) is 13.4. The second-order valence-electron chi connectivity index (χ2n) is 6.48. The standard InChI is InChI=1S/C20H21ClN4O4/c1-13(26)22-15-5-8-18(29-2)17(11-15)23-19(27)12-24-9-10-25(20(24)28)16-6-3-14(21)4-7-16/h3-8,11H,9-10,12H2,1-2H3,(H,22,26)(H,23,27). The fourth-order valence-corrected chi connectivity index (χ4v) is 3.17. The Balaban J connectivity index is 1.66. The lowest BCUT2D eigenvalue weighted by Gasteiger charge is -2.19. The Morgan fingerprint density at radius 2 is 1.83 bits per heavy atom. The van der Waals surface area contributed by atoms with Crippen molar-refractivity contribution in [2.45, 2.75) is 6.92 Å². The van der Waals surface area contributed by atoms with E-state index in [9.17, 15) is 14.4 Å². The summed E-state index contributed by atoms with van der Waals surface area (Å²) in [4.78, 5) is 39.5. The zero-order valence-electron chi connectivity index (χ0n) is 16.1. The molecular weight excluding hydrogens is 396 g/mol. The van der Waals surface area contributed by atoms with Crippen molar-refractivity contribution in [1.82, 2.24) is 4.90 Å². The molecule has 1 aliphatic heterocycles. The highest BCUT2D eigenvalue weighted by Gasteiger charge is 2.31. The topological polar surface area (TPSA) is 91.0 Å². The van der Waals surface area contributed by atoms with Crippen molar-refractivity contribution in [2.24, 2.45) is 0 Å². The molecule has 0 atom stereocenters. The van der Waals surface area contributed by atoms with E-state index in [1.807, 2.05) is 0 Å². The van der Waals surface area contributed by atoms with Crippen molar-refractivity contribution in [3.63, 3.8) is 0 Å². The summed E-state index contributed by atoms with van der Waals surface area (Å²) < 4.78 is 5.25. The van der Waals surface area contributed by atoms with Crippen LogP contribution in [0.5, 0.6) is 5.75 Å². The number of anilines is 3. The van der Waals surface area contributed by atoms with Gasteiger partial charge in [0.2, 0.25) is 11.8 Å². The Bertz CT molecular complexity index is 933. The van der Waals surface area contributed by atoms with Crippen molar-refractivity contribution in [1.29, 1.82) is 0 Å². The highest BCUT2D eigenvalue weighted by Crippen LogP contribution is 2.28. The van der Waals surface area contributed by atoms with Crippen LogP contribution in [0.15, 0.2) is 42.5 Å². The molecule has 8 nitrogen and oxygen atoms in total. The Labute approximate surface area is 173 Å². The third-order valence-electron chi connectivity index (χ3n) is 4.36. The van der Waals surface area contributed by atoms with E-state index in [1.54, 1.807) is 47.4 Å². The Hall–Kier alpha value is -3.26. The number of hydrogen-bond acceptors (Lipinski definition) is 4. The van der Waals surface area contributed by atoms with Crippen LogP contribution in [0.4, 0.5) is 21.9 Å². The monoisotopic (exact) mass is 416 g/mol. The van der Waals surface area contributed by atoms with Gasteiger partial charge in [-0.2, -0.15) is 0 Å². The first-order valence-corrected chi connectivity index (χ1v) is 9.32. The van der Waals surface area contributed by atoms with Gasteiger partial charge in [-0.3, -0.25) is 14.5 Å². The number of methoxy groups -OCH3 is 1. The van der Waals surface area contributed by atoms with Gasteiger partial charge in [0, 0.05) is 36.4 Å². The summed E-state index contributed by atoms with van der Waals surface area (Å²) in [7, 11) is 1.48. The second-order valence-corrected chi connectivity index (χ2v) is 6.91. The van der Waals surface area contributed by atoms with Crippen molar-refractivity contribution < 1.29 is 19.1 Å². The highest BCUT2D eigenvalue weighted by molar-refractivity contribution is 6.30. The van der Waals surface area contributed by atoms with Crippen molar-refractivity contribution >= 4 is 46.5 Å². The first kappa shape index (κ1) is 20.5. The predicted octanol–water partition coefficient (Wildman–Crippen LogP) is 3.19. The Morgan fingerprint density at radius 3 is 2.48 bits per heavy atom. The van der Waals surface area contributed by atoms with Crippen LogP contribution in [0.25, 0.3) is 0 Å². The summed E-state index contributed by atoms with van der Waals surface area (Å²) in [5.74, 6) is -0.144. The van der Waals surface area contributed by atoms with Crippen LogP contribution in [0.2, 0.25) is 5.02 Å². The fourth-order valence-electron chi connectivity index (χ4n) is 3.04. The number of carbonyl (C=O) groups is 3. The number of urea groups is 1. The summed E-state index contributed by atoms with van der Waals surface area (Å²) in [6.45, 7) is 2.21. The van der Waals surface area contributed by atoms with Crippen LogP contribution in [0.1, 0.15) is 6.92 Å². The van der Waals surface area contributed by atoms with Crippen LogP contribution in [-0.2, 0) is 9.59 Å². The van der Waals surface area contributed by atoms with Gasteiger partial charge in [-0.05, 0) is 42.5 Å². The van der Waals surface area contributed by atoms with Gasteiger partial charge < -0.3 is 20.3 Å². The number of halogens is 1. The number of hydrogen-bond donors (Lipinski definition) is 2. The fraction of sp³-hybridized carbons (Fsp3) is 0.250. The van der Waals surface area contributed by atoms with Gasteiger partial charge >= 0.3 is 6.03 Å². The summed E-state index contributed by atoms with van der Waals surface area (Å²) >= 11 is 5.89. The average molecular weight is 417 g/mol. The maximum absolute atomic E-state index is 12.6. The molecule has 29 heavy (non-hydrogen) atoms. The van der Waals surface area contributed by atoms with E-state index in [1.165, 1.54) is 18.9 Å². The quantitative estimate of drug-likeness (QED) is 0.756. The molecule has 2 aromatic carbocycles. The third-order valence-corrected chi connectivity index (χ3v) is 4.61. The second kappa shape index (κ2) is 8.83. The number of ether oxygens (including phenoxy) is 1. The minimum absolute atomic E-state index is 0.101. The van der Waals surface area contributed by atoms with Gasteiger partial charge in [-0.1, -0.05) is 11.6 Å². The lowest BCUT2D eigenvalue weighted by molar-refractivity contribution is -0.116. The molecule has 0 unspecified atom stereocenters. The SMILES string of the molecule is COc1ccc(NC(C)=O)cc1NC(=O)CN1CCN(c2ccc(Cl)cc2)C1=O. The van der Waals surface area contributed by atoms with E-state index < -0.39 is 0 Å². The molecule has 9 heteroatoms. The van der Waals surface area contributed by atoms with Crippen LogP contribution < -0.4 is 20.3 Å². The van der Waals surface area contributed by atoms with Gasteiger partial charge in [-0.25, -0.2) is 4.79 Å². The van der Waals surface area contributed by atoms with Crippen LogP contribution >= 0.6 is 11.6 Å². The van der Waals surface area contributed by atoms with E-state index in [0.29, 0.717) is 35.2 Å². The summed E-state index contributed by atoms with van der Waals surface area (Å²) in [5.41, 5.74) is 1.66. The third kappa shape index (κ3) is 4.97. The van der Waals surface area contributed by atoms with E-state index in [0.717, 1.165) is 5.69 Å². The zero-order valence-corrected chi connectivity index (χ0v) is 16.8. The molecule has 0 radical (unpaired) electrons. The van der Waals surface area contributed by atoms with Crippen molar-refractivity contribution in [3.05, 3.63) is 47.5 Å². The molecule has 0 spiro atoms. The summed E-state index contributed by atoms with van der Waals surface area (Å²) in [6, 6.07) is 11.6. The van der Waals surface area contributed by atoms with Crippen molar-refractivity contribution in [3.8, 4) is 5.75 Å². The molecule has 2 N–H and O–H groups in total. The van der Waals surface area contributed by atoms with Crippen LogP contribution in [0, 0.1) is 0 Å². The van der Waals surface area contributed by atoms with Crippen LogP contribution in [0.3, 0.4) is 0 Å². The smallest absolute Gasteiger partial charge is 0.325 e. The lowest BCUT2D eigenvalue weighted by atomic mass is 10.2. The van der Waals surface area contributed by atoms with Crippen molar-refractivity contribution in [2.75, 3.05) is 42.3 Å². The maximum Gasteiger partial charge on any atom is 0.325 e. The first-order valence-electron chi connectivity index (χ1n) is 8.95. The Morgan fingerprint density at radius 1 is 1.10 bits per heavy atom. The molecule has 4 amide bonds. The summed E-state index contributed by atoms with van der Waals surface area (Å²) in [5, 5.41) is 5.98. The van der Waals surface area contributed by atoms with E-state index in [4.69, 9.17) is 16.3 Å². The van der Waals surface area contributed by atoms with Crippen LogP contribution in [-0.4, -0.2) is 49.5 Å². The molecule has 0 saturated carbocycles. The number of amides is 4. The molecule has 3 rings (SSSR count). The first-order chi connectivity index (χ1) is 13.9. The molecule has 152 valence electrons. The molecule has 1 aliphatic rings. The van der Waals surface area contributed by atoms with E-state index in [-0.39, 0.29) is 24.4 Å². The largest absolute Gasteiger partial charge is 0.495 e. The van der Waals surface area contributed by atoms with Gasteiger partial charge in [0.05, 0.1) is 12.8 Å². The summed E-state index contributed by atoms with van der Waals surface area (Å²) in [6.07, 6.45) is 0. The van der Waals surface area contributed by atoms with Gasteiger partial charge in [0.1, 0.15) is 12.3 Å². The number of rotatable bonds is 6. The van der Waals surface area contributed by atoms with Gasteiger partial charge in [0.15, 0.2) is 0 Å². The van der Waals surface area contributed by atoms with E-state index in [2.05, 4.69) is 10.6 Å². The molecule has 0 bridgehead atoms. The molecule has 1 fully saturated rings. The van der Waals surface area contributed by atoms with Gasteiger partial charge in [-0.15, -0.1) is 0 Å². The van der Waals surface area contributed by atoms with E-state index >= 15 is 0 Å². The average Bonchev–Trinajstić information content (AvgIpc) is 3.02. The molecule has 0 aliphatic carbocycles. The number of nitrogens with zero attached hydrogens (tertiary/aromatic N) is 2. The highest BCUT2D eigenvalue weighted by atomic mass is 35.5. The minimum atomic E-state index is -0.366. The minimum Gasteiger partial charge on any atom is -0.495 e. The zero-order chi connectivity index (χ0) is 21.0. The lowest BCUT2D eigenvalue weighted by Crippen LogP contribution is -2.37. The Kier molecular flexibility index (Phi) is 6.23. The molecule has 1 saturated heterocycles. The number of benzene rings is 2. The molecular formula is C20H21ClN4O4. The number of carbonyl (C=O) groups excluding carboxylic acids is 3. The molecule has 0 aromatic heterocycles. The maximum atomic E-state index is 12.6. The molecule has 1 heterocycles.